The van der Waals surface area contributed by atoms with Crippen molar-refractivity contribution < 1.29 is 18.4 Å². The van der Waals surface area contributed by atoms with Crippen molar-refractivity contribution in [3.8, 4) is 0 Å². The summed E-state index contributed by atoms with van der Waals surface area (Å²) in [5.41, 5.74) is 0.186. The third-order valence-corrected chi connectivity index (χ3v) is 3.62. The zero-order chi connectivity index (χ0) is 17.1. The lowest BCUT2D eigenvalue weighted by molar-refractivity contribution is 0.103. The Labute approximate surface area is 137 Å². The fourth-order valence-corrected chi connectivity index (χ4v) is 2.40. The molecule has 0 aliphatic heterocycles. The molecule has 3 aromatic carbocycles. The number of hydrogen-bond donors (Lipinski definition) is 0. The third kappa shape index (κ3) is 2.99. The molecule has 4 heteroatoms. The van der Waals surface area contributed by atoms with Crippen molar-refractivity contribution in [3.05, 3.63) is 107 Å². The molecule has 0 atom stereocenters. The van der Waals surface area contributed by atoms with Gasteiger partial charge in [-0.1, -0.05) is 42.5 Å². The Hall–Kier alpha value is -3.14. The summed E-state index contributed by atoms with van der Waals surface area (Å²) in [5.74, 6) is -2.32. The van der Waals surface area contributed by atoms with Crippen molar-refractivity contribution in [1.29, 1.82) is 0 Å². The lowest BCUT2D eigenvalue weighted by Crippen LogP contribution is -2.08. The monoisotopic (exact) mass is 322 g/mol. The Morgan fingerprint density at radius 1 is 0.583 bits per heavy atom. The minimum absolute atomic E-state index is 0.0759. The number of rotatable bonds is 4. The molecule has 0 aliphatic carbocycles. The molecule has 2 nitrogen and oxygen atoms in total. The molecule has 0 heterocycles. The van der Waals surface area contributed by atoms with E-state index in [-0.39, 0.29) is 22.3 Å². The molecule has 118 valence electrons. The molecule has 24 heavy (non-hydrogen) atoms. The van der Waals surface area contributed by atoms with E-state index in [2.05, 4.69) is 0 Å². The van der Waals surface area contributed by atoms with E-state index in [0.717, 1.165) is 0 Å². The molecule has 0 N–H and O–H groups in total. The zero-order valence-corrected chi connectivity index (χ0v) is 12.5. The lowest BCUT2D eigenvalue weighted by atomic mass is 9.97. The first kappa shape index (κ1) is 15.7. The van der Waals surface area contributed by atoms with Crippen LogP contribution in [0.25, 0.3) is 0 Å². The highest BCUT2D eigenvalue weighted by molar-refractivity contribution is 6.13. The van der Waals surface area contributed by atoms with E-state index in [1.807, 2.05) is 0 Å². The summed E-state index contributed by atoms with van der Waals surface area (Å²) in [7, 11) is 0. The number of carbonyl (C=O) groups excluding carboxylic acids is 2. The number of hydrogen-bond acceptors (Lipinski definition) is 2. The van der Waals surface area contributed by atoms with E-state index in [0.29, 0.717) is 0 Å². The third-order valence-electron chi connectivity index (χ3n) is 3.62. The van der Waals surface area contributed by atoms with Crippen molar-refractivity contribution >= 4 is 11.6 Å². The average Bonchev–Trinajstić information content (AvgIpc) is 2.61. The Kier molecular flexibility index (Phi) is 4.29. The maximum Gasteiger partial charge on any atom is 0.195 e. The molecule has 3 rings (SSSR count). The van der Waals surface area contributed by atoms with Gasteiger partial charge in [0.1, 0.15) is 11.6 Å². The van der Waals surface area contributed by atoms with Crippen LogP contribution in [0.4, 0.5) is 8.78 Å². The van der Waals surface area contributed by atoms with Crippen molar-refractivity contribution in [1.82, 2.24) is 0 Å². The molecular weight excluding hydrogens is 310 g/mol. The second-order valence-electron chi connectivity index (χ2n) is 5.20. The van der Waals surface area contributed by atoms with Crippen LogP contribution in [0.15, 0.2) is 72.8 Å². The largest absolute Gasteiger partial charge is 0.288 e. The molecule has 0 saturated carbocycles. The van der Waals surface area contributed by atoms with Crippen LogP contribution < -0.4 is 0 Å². The van der Waals surface area contributed by atoms with E-state index in [1.54, 1.807) is 12.1 Å². The van der Waals surface area contributed by atoms with Crippen LogP contribution in [-0.4, -0.2) is 11.6 Å². The molecular formula is C20H12F2O2. The SMILES string of the molecule is O=C(c1cccc(C(=O)c2ccccc2F)c1)c1ccccc1F. The summed E-state index contributed by atoms with van der Waals surface area (Å²) in [6, 6.07) is 17.1. The van der Waals surface area contributed by atoms with Gasteiger partial charge in [0.2, 0.25) is 0 Å². The van der Waals surface area contributed by atoms with Gasteiger partial charge in [-0.3, -0.25) is 9.59 Å². The lowest BCUT2D eigenvalue weighted by Gasteiger charge is -2.06. The molecule has 0 aromatic heterocycles. The highest BCUT2D eigenvalue weighted by Crippen LogP contribution is 2.18. The van der Waals surface area contributed by atoms with Crippen molar-refractivity contribution in [2.45, 2.75) is 0 Å². The number of benzene rings is 3. The van der Waals surface area contributed by atoms with Gasteiger partial charge in [-0.05, 0) is 30.3 Å². The van der Waals surface area contributed by atoms with Gasteiger partial charge in [-0.25, -0.2) is 8.78 Å². The van der Waals surface area contributed by atoms with Crippen LogP contribution in [-0.2, 0) is 0 Å². The molecule has 0 radical (unpaired) electrons. The first-order valence-electron chi connectivity index (χ1n) is 7.26. The molecule has 0 aliphatic rings. The zero-order valence-electron chi connectivity index (χ0n) is 12.5. The predicted molar refractivity (Wildman–Crippen MR) is 86.1 cm³/mol. The summed E-state index contributed by atoms with van der Waals surface area (Å²) in [6.45, 7) is 0. The van der Waals surface area contributed by atoms with Crippen molar-refractivity contribution in [2.75, 3.05) is 0 Å². The standard InChI is InChI=1S/C20H12F2O2/c21-17-10-3-1-8-15(17)19(23)13-6-5-7-14(12-13)20(24)16-9-2-4-11-18(16)22/h1-12H. The Balaban J connectivity index is 1.98. The number of ketones is 2. The van der Waals surface area contributed by atoms with Crippen LogP contribution in [0.2, 0.25) is 0 Å². The molecule has 0 saturated heterocycles. The maximum absolute atomic E-state index is 13.8. The van der Waals surface area contributed by atoms with Gasteiger partial charge >= 0.3 is 0 Å². The molecule has 3 aromatic rings. The van der Waals surface area contributed by atoms with E-state index in [9.17, 15) is 18.4 Å². The van der Waals surface area contributed by atoms with Crippen molar-refractivity contribution in [3.63, 3.8) is 0 Å². The summed E-state index contributed by atoms with van der Waals surface area (Å²) in [4.78, 5) is 24.8. The van der Waals surface area contributed by atoms with Crippen LogP contribution in [0.3, 0.4) is 0 Å². The summed E-state index contributed by atoms with van der Waals surface area (Å²) in [5, 5.41) is 0. The van der Waals surface area contributed by atoms with Crippen molar-refractivity contribution in [2.24, 2.45) is 0 Å². The topological polar surface area (TPSA) is 34.1 Å². The summed E-state index contributed by atoms with van der Waals surface area (Å²) >= 11 is 0. The van der Waals surface area contributed by atoms with E-state index < -0.39 is 23.2 Å². The summed E-state index contributed by atoms with van der Waals surface area (Å²) < 4.78 is 27.5. The first-order valence-corrected chi connectivity index (χ1v) is 7.26. The first-order chi connectivity index (χ1) is 11.6. The van der Waals surface area contributed by atoms with Gasteiger partial charge < -0.3 is 0 Å². The van der Waals surface area contributed by atoms with E-state index in [4.69, 9.17) is 0 Å². The number of halogens is 2. The highest BCUT2D eigenvalue weighted by Gasteiger charge is 2.17. The van der Waals surface area contributed by atoms with Crippen LogP contribution in [0, 0.1) is 11.6 Å². The molecule has 0 unspecified atom stereocenters. The molecule has 0 fully saturated rings. The van der Waals surface area contributed by atoms with Gasteiger partial charge in [0.15, 0.2) is 11.6 Å². The van der Waals surface area contributed by atoms with Crippen LogP contribution in [0.1, 0.15) is 31.8 Å². The molecule has 0 bridgehead atoms. The maximum atomic E-state index is 13.8. The average molecular weight is 322 g/mol. The Bertz CT molecular complexity index is 859. The minimum atomic E-state index is -0.631. The normalized spacial score (nSPS) is 10.4. The quantitative estimate of drug-likeness (QED) is 0.666. The Morgan fingerprint density at radius 3 is 1.42 bits per heavy atom. The van der Waals surface area contributed by atoms with Crippen LogP contribution >= 0.6 is 0 Å². The molecule has 0 spiro atoms. The Morgan fingerprint density at radius 2 is 1.00 bits per heavy atom. The number of carbonyl (C=O) groups is 2. The highest BCUT2D eigenvalue weighted by atomic mass is 19.1. The van der Waals surface area contributed by atoms with Gasteiger partial charge in [-0.2, -0.15) is 0 Å². The fourth-order valence-electron chi connectivity index (χ4n) is 2.40. The van der Waals surface area contributed by atoms with E-state index >= 15 is 0 Å². The van der Waals surface area contributed by atoms with Gasteiger partial charge in [-0.15, -0.1) is 0 Å². The van der Waals surface area contributed by atoms with Gasteiger partial charge in [0.05, 0.1) is 11.1 Å². The van der Waals surface area contributed by atoms with Crippen LogP contribution in [0.5, 0.6) is 0 Å². The summed E-state index contributed by atoms with van der Waals surface area (Å²) in [6.07, 6.45) is 0. The predicted octanol–water partition coefficient (Wildman–Crippen LogP) is 4.43. The van der Waals surface area contributed by atoms with Gasteiger partial charge in [0, 0.05) is 11.1 Å². The smallest absolute Gasteiger partial charge is 0.195 e. The van der Waals surface area contributed by atoms with E-state index in [1.165, 1.54) is 60.7 Å². The van der Waals surface area contributed by atoms with Gasteiger partial charge in [0.25, 0.3) is 0 Å². The fraction of sp³-hybridized carbons (Fsp3) is 0. The second kappa shape index (κ2) is 6.54. The second-order valence-corrected chi connectivity index (χ2v) is 5.20. The molecule has 0 amide bonds. The minimum Gasteiger partial charge on any atom is -0.288 e.